The number of hydrogen-bond donors (Lipinski definition) is 1. The van der Waals surface area contributed by atoms with Crippen LogP contribution in [0.4, 0.5) is 4.79 Å². The van der Waals surface area contributed by atoms with Crippen molar-refractivity contribution >= 4 is 28.4 Å². The van der Waals surface area contributed by atoms with Crippen LogP contribution >= 0.6 is 0 Å². The normalized spacial score (nSPS) is 12.8. The maximum Gasteiger partial charge on any atom is 0.406 e. The molecule has 1 atom stereocenters. The molecule has 0 aromatic heterocycles. The van der Waals surface area contributed by atoms with Crippen molar-refractivity contribution in [3.05, 3.63) is 0 Å². The summed E-state index contributed by atoms with van der Waals surface area (Å²) in [7, 11) is 1.30. The zero-order valence-electron chi connectivity index (χ0n) is 9.49. The Morgan fingerprint density at radius 2 is 1.93 bits per heavy atom. The zero-order chi connectivity index (χ0) is 12.1. The fraction of sp³-hybridized carbons (Fsp3) is 0.778. The molecule has 1 unspecified atom stereocenters. The van der Waals surface area contributed by atoms with E-state index in [0.717, 1.165) is 0 Å². The van der Waals surface area contributed by atoms with Gasteiger partial charge in [0.15, 0.2) is 16.3 Å². The van der Waals surface area contributed by atoms with Crippen molar-refractivity contribution in [1.82, 2.24) is 5.32 Å². The molecule has 0 aromatic rings. The molecule has 2 radical (unpaired) electrons. The third-order valence-electron chi connectivity index (χ3n) is 1.32. The highest BCUT2D eigenvalue weighted by atomic mass is 27.0. The molecule has 0 aromatic carbocycles. The second kappa shape index (κ2) is 5.99. The first-order valence-electron chi connectivity index (χ1n) is 4.56. The van der Waals surface area contributed by atoms with Crippen LogP contribution < -0.4 is 5.32 Å². The van der Waals surface area contributed by atoms with E-state index >= 15 is 0 Å². The van der Waals surface area contributed by atoms with Crippen molar-refractivity contribution in [3.63, 3.8) is 0 Å². The minimum absolute atomic E-state index is 0.0976. The van der Waals surface area contributed by atoms with E-state index in [1.807, 2.05) is 0 Å². The Labute approximate surface area is 97.9 Å². The number of carbonyl (C=O) groups is 2. The maximum atomic E-state index is 11.2. The highest BCUT2D eigenvalue weighted by Crippen LogP contribution is 2.06. The largest absolute Gasteiger partial charge is 0.469 e. The molecule has 6 heteroatoms. The lowest BCUT2D eigenvalue weighted by molar-refractivity contribution is -0.140. The van der Waals surface area contributed by atoms with Crippen LogP contribution in [0.2, 0.25) is 0 Å². The minimum Gasteiger partial charge on any atom is -0.469 e. The summed E-state index contributed by atoms with van der Waals surface area (Å²) < 4.78 is 9.47. The first-order chi connectivity index (χ1) is 6.74. The lowest BCUT2D eigenvalue weighted by Gasteiger charge is -2.22. The molecule has 0 bridgehead atoms. The Bertz CT molecular complexity index is 237. The molecule has 0 saturated carbocycles. The number of amides is 1. The predicted octanol–water partition coefficient (Wildman–Crippen LogP) is 0.569. The zero-order valence-corrected chi connectivity index (χ0v) is 10.6. The van der Waals surface area contributed by atoms with Crippen LogP contribution in [-0.4, -0.2) is 46.0 Å². The number of alkyl carbamates (subject to hydrolysis) is 1. The van der Waals surface area contributed by atoms with E-state index in [9.17, 15) is 9.59 Å². The number of methoxy groups -OCH3 is 1. The second-order valence-corrected chi connectivity index (χ2v) is 4.84. The number of rotatable bonds is 3. The molecule has 0 fully saturated rings. The molecular formula is C9H16AlNO4. The van der Waals surface area contributed by atoms with Crippen LogP contribution in [0, 0.1) is 0 Å². The van der Waals surface area contributed by atoms with Gasteiger partial charge in [-0.15, -0.1) is 0 Å². The van der Waals surface area contributed by atoms with E-state index < -0.39 is 11.7 Å². The van der Waals surface area contributed by atoms with Crippen LogP contribution in [0.15, 0.2) is 0 Å². The van der Waals surface area contributed by atoms with E-state index in [1.165, 1.54) is 7.11 Å². The van der Waals surface area contributed by atoms with Crippen molar-refractivity contribution < 1.29 is 19.1 Å². The van der Waals surface area contributed by atoms with E-state index in [4.69, 9.17) is 4.74 Å². The van der Waals surface area contributed by atoms with Crippen molar-refractivity contribution in [1.29, 1.82) is 0 Å². The number of carbonyl (C=O) groups excluding carboxylic acids is 2. The molecule has 0 spiro atoms. The molecule has 5 nitrogen and oxygen atoms in total. The molecular weight excluding hydrogens is 213 g/mol. The Balaban J connectivity index is 3.92. The highest BCUT2D eigenvalue weighted by molar-refractivity contribution is 6.14. The van der Waals surface area contributed by atoms with E-state index in [1.54, 1.807) is 20.8 Å². The molecule has 0 aliphatic heterocycles. The van der Waals surface area contributed by atoms with Crippen LogP contribution in [0.5, 0.6) is 0 Å². The summed E-state index contributed by atoms with van der Waals surface area (Å²) in [5, 5.41) is 2.50. The lowest BCUT2D eigenvalue weighted by Crippen LogP contribution is -2.40. The summed E-state index contributed by atoms with van der Waals surface area (Å²) in [5.74, 6) is -0.383. The number of hydrogen-bond acceptors (Lipinski definition) is 4. The third-order valence-corrected chi connectivity index (χ3v) is 1.72. The Hall–Kier alpha value is -0.728. The summed E-state index contributed by atoms with van der Waals surface area (Å²) in [6.07, 6.45) is -0.452. The first kappa shape index (κ1) is 14.3. The fourth-order valence-electron chi connectivity index (χ4n) is 0.773. The van der Waals surface area contributed by atoms with Gasteiger partial charge in [-0.2, -0.15) is 0 Å². The van der Waals surface area contributed by atoms with Gasteiger partial charge in [-0.25, -0.2) is 4.79 Å². The third kappa shape index (κ3) is 8.28. The average molecular weight is 229 g/mol. The molecule has 0 rings (SSSR count). The molecule has 0 heterocycles. The smallest absolute Gasteiger partial charge is 0.406 e. The molecule has 0 saturated heterocycles. The van der Waals surface area contributed by atoms with Gasteiger partial charge in [0, 0.05) is 0 Å². The number of ether oxygens (including phenoxy) is 2. The molecule has 1 amide bonds. The fourth-order valence-corrected chi connectivity index (χ4v) is 1.10. The van der Waals surface area contributed by atoms with Crippen LogP contribution in [0.25, 0.3) is 0 Å². The van der Waals surface area contributed by atoms with Crippen molar-refractivity contribution in [2.75, 3.05) is 7.11 Å². The van der Waals surface area contributed by atoms with Gasteiger partial charge in [0.1, 0.15) is 5.60 Å². The van der Waals surface area contributed by atoms with Gasteiger partial charge >= 0.3 is 12.1 Å². The van der Waals surface area contributed by atoms with Gasteiger partial charge in [0.05, 0.1) is 13.5 Å². The van der Waals surface area contributed by atoms with E-state index in [-0.39, 0.29) is 17.3 Å². The van der Waals surface area contributed by atoms with Crippen molar-refractivity contribution in [2.45, 2.75) is 37.7 Å². The Morgan fingerprint density at radius 1 is 1.40 bits per heavy atom. The van der Waals surface area contributed by atoms with Crippen molar-refractivity contribution in [3.8, 4) is 0 Å². The highest BCUT2D eigenvalue weighted by Gasteiger charge is 2.18. The van der Waals surface area contributed by atoms with E-state index in [0.29, 0.717) is 0 Å². The maximum absolute atomic E-state index is 11.2. The quantitative estimate of drug-likeness (QED) is 0.567. The minimum atomic E-state index is -0.550. The summed E-state index contributed by atoms with van der Waals surface area (Å²) in [5.41, 5.74) is -0.542. The van der Waals surface area contributed by atoms with Crippen LogP contribution in [-0.2, 0) is 14.3 Å². The van der Waals surface area contributed by atoms with Gasteiger partial charge in [0.2, 0.25) is 0 Å². The average Bonchev–Trinajstić information content (AvgIpc) is 1.99. The van der Waals surface area contributed by atoms with E-state index in [2.05, 4.69) is 26.3 Å². The molecule has 15 heavy (non-hydrogen) atoms. The van der Waals surface area contributed by atoms with Gasteiger partial charge in [-0.3, -0.25) is 4.79 Å². The van der Waals surface area contributed by atoms with Gasteiger partial charge < -0.3 is 14.8 Å². The Kier molecular flexibility index (Phi) is 5.70. The van der Waals surface area contributed by atoms with Gasteiger partial charge in [-0.05, 0) is 25.7 Å². The standard InChI is InChI=1S/C9H16NO4.Al/c1-9(2,3)14-8(12)10-6-5-7(11)13-4;/h6H,5H2,1-4H3,(H,10,12);. The van der Waals surface area contributed by atoms with Gasteiger partial charge in [0.25, 0.3) is 0 Å². The summed E-state index contributed by atoms with van der Waals surface area (Å²) in [6, 6.07) is 0. The summed E-state index contributed by atoms with van der Waals surface area (Å²) in [4.78, 5) is 21.7. The number of nitrogens with one attached hydrogen (secondary N) is 1. The SMILES string of the molecule is COC(=O)C[CH]([Al])NC(=O)OC(C)(C)C. The topological polar surface area (TPSA) is 64.6 Å². The molecule has 0 aliphatic rings. The summed E-state index contributed by atoms with van der Waals surface area (Å²) >= 11 is 2.33. The van der Waals surface area contributed by atoms with Gasteiger partial charge in [-0.1, -0.05) is 0 Å². The Morgan fingerprint density at radius 3 is 2.33 bits per heavy atom. The van der Waals surface area contributed by atoms with Crippen LogP contribution in [0.3, 0.4) is 0 Å². The molecule has 84 valence electrons. The lowest BCUT2D eigenvalue weighted by atomic mass is 10.2. The van der Waals surface area contributed by atoms with Crippen LogP contribution in [0.1, 0.15) is 27.2 Å². The molecule has 0 aliphatic carbocycles. The number of esters is 1. The molecule has 1 N–H and O–H groups in total. The predicted molar refractivity (Wildman–Crippen MR) is 55.5 cm³/mol. The summed E-state index contributed by atoms with van der Waals surface area (Å²) in [6.45, 7) is 5.31. The van der Waals surface area contributed by atoms with Crippen molar-refractivity contribution in [2.24, 2.45) is 0 Å². The monoisotopic (exact) mass is 229 g/mol. The second-order valence-electron chi connectivity index (χ2n) is 4.03. The first-order valence-corrected chi connectivity index (χ1v) is 5.23.